The summed E-state index contributed by atoms with van der Waals surface area (Å²) in [5.74, 6) is 0.925. The van der Waals surface area contributed by atoms with Crippen LogP contribution in [-0.2, 0) is 0 Å². The van der Waals surface area contributed by atoms with E-state index in [1.165, 1.54) is 19.3 Å². The van der Waals surface area contributed by atoms with Gasteiger partial charge in [-0.25, -0.2) is 4.98 Å². The summed E-state index contributed by atoms with van der Waals surface area (Å²) in [5, 5.41) is 0. The van der Waals surface area contributed by atoms with E-state index in [4.69, 9.17) is 5.73 Å². The van der Waals surface area contributed by atoms with Gasteiger partial charge in [0.25, 0.3) is 0 Å². The molecule has 1 heterocycles. The van der Waals surface area contributed by atoms with Crippen molar-refractivity contribution in [2.75, 3.05) is 0 Å². The first-order valence-electron chi connectivity index (χ1n) is 6.30. The van der Waals surface area contributed by atoms with Crippen molar-refractivity contribution in [3.63, 3.8) is 0 Å². The maximum atomic E-state index is 6.16. The lowest BCUT2D eigenvalue weighted by molar-refractivity contribution is 0.565. The summed E-state index contributed by atoms with van der Waals surface area (Å²) in [6, 6.07) is 7.95. The SMILES string of the molecule is NC(CCC1CC1)c1cnc2ccccc2n1. The number of hydrogen-bond donors (Lipinski definition) is 1. The van der Waals surface area contributed by atoms with Gasteiger partial charge in [-0.15, -0.1) is 0 Å². The van der Waals surface area contributed by atoms with E-state index in [0.29, 0.717) is 0 Å². The molecule has 2 aromatic rings. The molecular weight excluding hydrogens is 210 g/mol. The molecule has 1 saturated carbocycles. The first-order valence-corrected chi connectivity index (χ1v) is 6.30. The molecule has 3 rings (SSSR count). The second kappa shape index (κ2) is 4.41. The molecule has 17 heavy (non-hydrogen) atoms. The minimum atomic E-state index is 0.0349. The normalized spacial score (nSPS) is 17.2. The van der Waals surface area contributed by atoms with Crippen molar-refractivity contribution >= 4 is 11.0 Å². The number of aromatic nitrogens is 2. The summed E-state index contributed by atoms with van der Waals surface area (Å²) in [4.78, 5) is 8.99. The highest BCUT2D eigenvalue weighted by Crippen LogP contribution is 2.35. The fourth-order valence-corrected chi connectivity index (χ4v) is 2.12. The van der Waals surface area contributed by atoms with Crippen LogP contribution in [0.15, 0.2) is 30.5 Å². The second-order valence-electron chi connectivity index (χ2n) is 4.91. The zero-order chi connectivity index (χ0) is 11.7. The number of rotatable bonds is 4. The van der Waals surface area contributed by atoms with Crippen LogP contribution in [0.2, 0.25) is 0 Å². The molecule has 1 unspecified atom stereocenters. The molecule has 1 fully saturated rings. The topological polar surface area (TPSA) is 51.8 Å². The Labute approximate surface area is 101 Å². The van der Waals surface area contributed by atoms with Gasteiger partial charge in [0.15, 0.2) is 0 Å². The Balaban J connectivity index is 1.78. The average Bonchev–Trinajstić information content (AvgIpc) is 3.19. The first-order chi connectivity index (χ1) is 8.33. The molecule has 1 aliphatic rings. The minimum absolute atomic E-state index is 0.0349. The predicted molar refractivity (Wildman–Crippen MR) is 68.4 cm³/mol. The molecule has 0 aliphatic heterocycles. The second-order valence-corrected chi connectivity index (χ2v) is 4.91. The molecule has 3 nitrogen and oxygen atoms in total. The van der Waals surface area contributed by atoms with Crippen LogP contribution in [-0.4, -0.2) is 9.97 Å². The van der Waals surface area contributed by atoms with Crippen LogP contribution < -0.4 is 5.73 Å². The Morgan fingerprint density at radius 1 is 1.24 bits per heavy atom. The fraction of sp³-hybridized carbons (Fsp3) is 0.429. The molecule has 0 bridgehead atoms. The van der Waals surface area contributed by atoms with E-state index < -0.39 is 0 Å². The smallest absolute Gasteiger partial charge is 0.0890 e. The van der Waals surface area contributed by atoms with Gasteiger partial charge >= 0.3 is 0 Å². The van der Waals surface area contributed by atoms with Crippen LogP contribution in [0.5, 0.6) is 0 Å². The lowest BCUT2D eigenvalue weighted by Crippen LogP contribution is -2.12. The maximum Gasteiger partial charge on any atom is 0.0890 e. The average molecular weight is 227 g/mol. The van der Waals surface area contributed by atoms with E-state index in [9.17, 15) is 0 Å². The third-order valence-corrected chi connectivity index (χ3v) is 3.43. The standard InChI is InChI=1S/C14H17N3/c15-11(8-7-10-5-6-10)14-9-16-12-3-1-2-4-13(12)17-14/h1-4,9-11H,5-8,15H2. The van der Waals surface area contributed by atoms with E-state index in [0.717, 1.165) is 29.1 Å². The summed E-state index contributed by atoms with van der Waals surface area (Å²) in [6.07, 6.45) is 6.85. The van der Waals surface area contributed by atoms with Crippen LogP contribution in [0.4, 0.5) is 0 Å². The highest BCUT2D eigenvalue weighted by molar-refractivity contribution is 5.73. The van der Waals surface area contributed by atoms with Gasteiger partial charge in [0, 0.05) is 6.04 Å². The largest absolute Gasteiger partial charge is 0.323 e. The number of nitrogens with zero attached hydrogens (tertiary/aromatic N) is 2. The molecule has 1 aliphatic carbocycles. The summed E-state index contributed by atoms with van der Waals surface area (Å²) in [6.45, 7) is 0. The lowest BCUT2D eigenvalue weighted by Gasteiger charge is -2.10. The Morgan fingerprint density at radius 3 is 2.76 bits per heavy atom. The molecule has 1 aromatic heterocycles. The van der Waals surface area contributed by atoms with Crippen molar-refractivity contribution in [2.24, 2.45) is 11.7 Å². The predicted octanol–water partition coefficient (Wildman–Crippen LogP) is 2.82. The van der Waals surface area contributed by atoms with Crippen molar-refractivity contribution in [3.05, 3.63) is 36.2 Å². The molecular formula is C14H17N3. The third-order valence-electron chi connectivity index (χ3n) is 3.43. The third kappa shape index (κ3) is 2.44. The number of nitrogens with two attached hydrogens (primary N) is 1. The van der Waals surface area contributed by atoms with Crippen molar-refractivity contribution < 1.29 is 0 Å². The van der Waals surface area contributed by atoms with Gasteiger partial charge < -0.3 is 5.73 Å². The molecule has 88 valence electrons. The van der Waals surface area contributed by atoms with Gasteiger partial charge in [0.2, 0.25) is 0 Å². The molecule has 0 spiro atoms. The molecule has 0 saturated heterocycles. The van der Waals surface area contributed by atoms with E-state index in [-0.39, 0.29) is 6.04 Å². The van der Waals surface area contributed by atoms with Crippen molar-refractivity contribution in [1.82, 2.24) is 9.97 Å². The van der Waals surface area contributed by atoms with Crippen molar-refractivity contribution in [2.45, 2.75) is 31.7 Å². The fourth-order valence-electron chi connectivity index (χ4n) is 2.12. The van der Waals surface area contributed by atoms with Crippen LogP contribution >= 0.6 is 0 Å². The van der Waals surface area contributed by atoms with Crippen LogP contribution in [0.25, 0.3) is 11.0 Å². The van der Waals surface area contributed by atoms with Gasteiger partial charge in [-0.3, -0.25) is 4.98 Å². The summed E-state index contributed by atoms with van der Waals surface area (Å²) in [7, 11) is 0. The Morgan fingerprint density at radius 2 is 2.00 bits per heavy atom. The molecule has 3 heteroatoms. The van der Waals surface area contributed by atoms with Gasteiger partial charge in [-0.05, 0) is 30.9 Å². The van der Waals surface area contributed by atoms with Gasteiger partial charge in [-0.2, -0.15) is 0 Å². The quantitative estimate of drug-likeness (QED) is 0.873. The maximum absolute atomic E-state index is 6.16. The Bertz CT molecular complexity index is 520. The van der Waals surface area contributed by atoms with Crippen LogP contribution in [0.3, 0.4) is 0 Å². The van der Waals surface area contributed by atoms with Crippen molar-refractivity contribution in [1.29, 1.82) is 0 Å². The number of fused-ring (bicyclic) bond motifs is 1. The first kappa shape index (κ1) is 10.7. The van der Waals surface area contributed by atoms with E-state index in [1.54, 1.807) is 0 Å². The van der Waals surface area contributed by atoms with Gasteiger partial charge in [0.1, 0.15) is 0 Å². The highest BCUT2D eigenvalue weighted by Gasteiger charge is 2.22. The zero-order valence-corrected chi connectivity index (χ0v) is 9.84. The summed E-state index contributed by atoms with van der Waals surface area (Å²) >= 11 is 0. The van der Waals surface area contributed by atoms with E-state index in [1.807, 2.05) is 30.5 Å². The minimum Gasteiger partial charge on any atom is -0.323 e. The zero-order valence-electron chi connectivity index (χ0n) is 9.84. The van der Waals surface area contributed by atoms with Gasteiger partial charge in [-0.1, -0.05) is 25.0 Å². The summed E-state index contributed by atoms with van der Waals surface area (Å²) < 4.78 is 0. The van der Waals surface area contributed by atoms with Crippen molar-refractivity contribution in [3.8, 4) is 0 Å². The molecule has 1 atom stereocenters. The number of para-hydroxylation sites is 2. The molecule has 0 radical (unpaired) electrons. The Kier molecular flexibility index (Phi) is 2.77. The molecule has 2 N–H and O–H groups in total. The van der Waals surface area contributed by atoms with E-state index in [2.05, 4.69) is 9.97 Å². The lowest BCUT2D eigenvalue weighted by atomic mass is 10.1. The van der Waals surface area contributed by atoms with E-state index >= 15 is 0 Å². The Hall–Kier alpha value is -1.48. The molecule has 0 amide bonds. The monoisotopic (exact) mass is 227 g/mol. The molecule has 1 aromatic carbocycles. The van der Waals surface area contributed by atoms with Gasteiger partial charge in [0.05, 0.1) is 22.9 Å². The number of hydrogen-bond acceptors (Lipinski definition) is 3. The summed E-state index contributed by atoms with van der Waals surface area (Å²) in [5.41, 5.74) is 8.95. The highest BCUT2D eigenvalue weighted by atomic mass is 14.8. The van der Waals surface area contributed by atoms with Crippen LogP contribution in [0, 0.1) is 5.92 Å². The van der Waals surface area contributed by atoms with Crippen LogP contribution in [0.1, 0.15) is 37.4 Å². The number of benzene rings is 1.